The zero-order chi connectivity index (χ0) is 17.3. The van der Waals surface area contributed by atoms with Crippen LogP contribution in [0.4, 0.5) is 5.69 Å². The van der Waals surface area contributed by atoms with Crippen LogP contribution < -0.4 is 4.72 Å². The van der Waals surface area contributed by atoms with E-state index in [0.29, 0.717) is 18.1 Å². The molecule has 2 aromatic heterocycles. The number of aryl methyl sites for hydroxylation is 3. The Morgan fingerprint density at radius 1 is 1.35 bits per heavy atom. The van der Waals surface area contributed by atoms with Crippen molar-refractivity contribution >= 4 is 15.7 Å². The summed E-state index contributed by atoms with van der Waals surface area (Å²) in [7, 11) is -0.299. The highest BCUT2D eigenvalue weighted by atomic mass is 32.2. The van der Waals surface area contributed by atoms with E-state index in [1.54, 1.807) is 36.5 Å². The van der Waals surface area contributed by atoms with Crippen LogP contribution in [0.5, 0.6) is 0 Å². The predicted molar refractivity (Wildman–Crippen MR) is 86.7 cm³/mol. The van der Waals surface area contributed by atoms with E-state index in [2.05, 4.69) is 14.8 Å². The molecule has 8 nitrogen and oxygen atoms in total. The van der Waals surface area contributed by atoms with E-state index >= 15 is 0 Å². The first kappa shape index (κ1) is 17.5. The summed E-state index contributed by atoms with van der Waals surface area (Å²) < 4.78 is 35.8. The monoisotopic (exact) mass is 341 g/mol. The van der Waals surface area contributed by atoms with Gasteiger partial charge in [0.25, 0.3) is 10.0 Å². The molecule has 0 fully saturated rings. The van der Waals surface area contributed by atoms with Gasteiger partial charge in [0.2, 0.25) is 0 Å². The molecule has 0 aliphatic rings. The molecule has 23 heavy (non-hydrogen) atoms. The van der Waals surface area contributed by atoms with E-state index in [0.717, 1.165) is 6.42 Å². The number of aromatic nitrogens is 4. The van der Waals surface area contributed by atoms with Crippen molar-refractivity contribution in [1.82, 2.24) is 19.3 Å². The van der Waals surface area contributed by atoms with Crippen LogP contribution >= 0.6 is 0 Å². The summed E-state index contributed by atoms with van der Waals surface area (Å²) in [4.78, 5) is 4.03. The van der Waals surface area contributed by atoms with Gasteiger partial charge in [-0.15, -0.1) is 0 Å². The number of rotatable bonds is 7. The molecular formula is C14H23N5O3S. The minimum Gasteiger partial charge on any atom is -0.379 e. The standard InChI is InChI=1S/C14H23N5O3S/c1-11-16-13(10-18(11)4)23(20,21)17-12-8-15-19(9-12)7-6-14(2,3)22-5/h8-10,17H,6-7H2,1-5H3. The maximum atomic E-state index is 12.3. The van der Waals surface area contributed by atoms with Crippen LogP contribution in [0.25, 0.3) is 0 Å². The van der Waals surface area contributed by atoms with Gasteiger partial charge in [-0.1, -0.05) is 0 Å². The maximum Gasteiger partial charge on any atom is 0.281 e. The van der Waals surface area contributed by atoms with Gasteiger partial charge in [0.05, 0.1) is 17.5 Å². The lowest BCUT2D eigenvalue weighted by Gasteiger charge is -2.22. The topological polar surface area (TPSA) is 91.0 Å². The molecule has 0 aliphatic heterocycles. The number of imidazole rings is 1. The number of sulfonamides is 1. The molecule has 0 aliphatic carbocycles. The van der Waals surface area contributed by atoms with Gasteiger partial charge in [0, 0.05) is 33.1 Å². The summed E-state index contributed by atoms with van der Waals surface area (Å²) in [5, 5.41) is 4.15. The Morgan fingerprint density at radius 3 is 2.61 bits per heavy atom. The van der Waals surface area contributed by atoms with Gasteiger partial charge in [0.1, 0.15) is 5.82 Å². The fourth-order valence-corrected chi connectivity index (χ4v) is 2.96. The molecule has 0 radical (unpaired) electrons. The minimum absolute atomic E-state index is 0.00855. The van der Waals surface area contributed by atoms with Crippen molar-refractivity contribution in [3.8, 4) is 0 Å². The van der Waals surface area contributed by atoms with Crippen molar-refractivity contribution in [3.63, 3.8) is 0 Å². The first-order chi connectivity index (χ1) is 10.6. The van der Waals surface area contributed by atoms with Crippen LogP contribution in [-0.2, 0) is 28.4 Å². The lowest BCUT2D eigenvalue weighted by molar-refractivity contribution is 0.0113. The van der Waals surface area contributed by atoms with Gasteiger partial charge in [-0.3, -0.25) is 9.40 Å². The van der Waals surface area contributed by atoms with E-state index in [1.165, 1.54) is 12.4 Å². The number of nitrogens with zero attached hydrogens (tertiary/aromatic N) is 4. The van der Waals surface area contributed by atoms with Crippen molar-refractivity contribution in [1.29, 1.82) is 0 Å². The highest BCUT2D eigenvalue weighted by Gasteiger charge is 2.20. The van der Waals surface area contributed by atoms with Gasteiger partial charge in [-0.2, -0.15) is 13.5 Å². The normalized spacial score (nSPS) is 12.6. The summed E-state index contributed by atoms with van der Waals surface area (Å²) in [6.45, 7) is 6.35. The summed E-state index contributed by atoms with van der Waals surface area (Å²) in [5.74, 6) is 0.628. The SMILES string of the molecule is COC(C)(C)CCn1cc(NS(=O)(=O)c2cn(C)c(C)n2)cn1. The second-order valence-electron chi connectivity index (χ2n) is 6.05. The first-order valence-corrected chi connectivity index (χ1v) is 8.72. The smallest absolute Gasteiger partial charge is 0.281 e. The zero-order valence-electron chi connectivity index (χ0n) is 14.1. The van der Waals surface area contributed by atoms with E-state index < -0.39 is 10.0 Å². The molecule has 2 aromatic rings. The molecule has 2 heterocycles. The molecule has 0 spiro atoms. The molecule has 9 heteroatoms. The number of hydrogen-bond acceptors (Lipinski definition) is 5. The van der Waals surface area contributed by atoms with Crippen LogP contribution in [0.1, 0.15) is 26.1 Å². The van der Waals surface area contributed by atoms with E-state index in [-0.39, 0.29) is 10.6 Å². The molecule has 0 bridgehead atoms. The van der Waals surface area contributed by atoms with Crippen molar-refractivity contribution in [3.05, 3.63) is 24.4 Å². The zero-order valence-corrected chi connectivity index (χ0v) is 14.9. The third-order valence-electron chi connectivity index (χ3n) is 3.74. The fourth-order valence-electron chi connectivity index (χ4n) is 1.89. The molecule has 0 amide bonds. The summed E-state index contributed by atoms with van der Waals surface area (Å²) in [6.07, 6.45) is 5.37. The minimum atomic E-state index is -3.71. The molecule has 2 rings (SSSR count). The van der Waals surface area contributed by atoms with Crippen molar-refractivity contribution in [2.75, 3.05) is 11.8 Å². The predicted octanol–water partition coefficient (Wildman–Crippen LogP) is 1.54. The summed E-state index contributed by atoms with van der Waals surface area (Å²) in [5.41, 5.74) is 0.153. The van der Waals surface area contributed by atoms with Crippen LogP contribution in [0, 0.1) is 6.92 Å². The Labute approximate surface area is 136 Å². The Hall–Kier alpha value is -1.87. The molecule has 1 N–H and O–H groups in total. The van der Waals surface area contributed by atoms with Gasteiger partial charge < -0.3 is 9.30 Å². The fraction of sp³-hybridized carbons (Fsp3) is 0.571. The lowest BCUT2D eigenvalue weighted by atomic mass is 10.1. The third-order valence-corrected chi connectivity index (χ3v) is 4.99. The number of nitrogens with one attached hydrogen (secondary N) is 1. The number of ether oxygens (including phenoxy) is 1. The second-order valence-corrected chi connectivity index (χ2v) is 7.68. The maximum absolute atomic E-state index is 12.3. The van der Waals surface area contributed by atoms with Gasteiger partial charge in [-0.25, -0.2) is 4.98 Å². The van der Waals surface area contributed by atoms with Gasteiger partial charge in [-0.05, 0) is 27.2 Å². The van der Waals surface area contributed by atoms with Crippen molar-refractivity contribution in [2.45, 2.75) is 44.4 Å². The number of anilines is 1. The molecule has 0 saturated carbocycles. The Bertz CT molecular complexity index is 757. The molecule has 0 atom stereocenters. The van der Waals surface area contributed by atoms with Crippen LogP contribution in [-0.4, -0.2) is 40.5 Å². The van der Waals surface area contributed by atoms with Crippen LogP contribution in [0.15, 0.2) is 23.6 Å². The van der Waals surface area contributed by atoms with Crippen molar-refractivity contribution < 1.29 is 13.2 Å². The largest absolute Gasteiger partial charge is 0.379 e. The molecular weight excluding hydrogens is 318 g/mol. The second kappa shape index (κ2) is 6.32. The average molecular weight is 341 g/mol. The van der Waals surface area contributed by atoms with E-state index in [9.17, 15) is 8.42 Å². The lowest BCUT2D eigenvalue weighted by Crippen LogP contribution is -2.24. The number of hydrogen-bond donors (Lipinski definition) is 1. The molecule has 0 aromatic carbocycles. The Morgan fingerprint density at radius 2 is 2.04 bits per heavy atom. The van der Waals surface area contributed by atoms with E-state index in [4.69, 9.17) is 4.74 Å². The highest BCUT2D eigenvalue weighted by molar-refractivity contribution is 7.92. The third kappa shape index (κ3) is 4.32. The highest BCUT2D eigenvalue weighted by Crippen LogP contribution is 2.17. The first-order valence-electron chi connectivity index (χ1n) is 7.23. The average Bonchev–Trinajstić information content (AvgIpc) is 3.04. The Balaban J connectivity index is 2.06. The van der Waals surface area contributed by atoms with Gasteiger partial charge in [0.15, 0.2) is 5.03 Å². The summed E-state index contributed by atoms with van der Waals surface area (Å²) in [6, 6.07) is 0. The van der Waals surface area contributed by atoms with Crippen LogP contribution in [0.2, 0.25) is 0 Å². The van der Waals surface area contributed by atoms with Crippen LogP contribution in [0.3, 0.4) is 0 Å². The van der Waals surface area contributed by atoms with Crippen molar-refractivity contribution in [2.24, 2.45) is 7.05 Å². The number of methoxy groups -OCH3 is 1. The van der Waals surface area contributed by atoms with E-state index in [1.807, 2.05) is 13.8 Å². The summed E-state index contributed by atoms with van der Waals surface area (Å²) >= 11 is 0. The quantitative estimate of drug-likeness (QED) is 0.825. The molecule has 128 valence electrons. The molecule has 0 unspecified atom stereocenters. The van der Waals surface area contributed by atoms with Gasteiger partial charge >= 0.3 is 0 Å². The Kier molecular flexibility index (Phi) is 4.81. The molecule has 0 saturated heterocycles.